The maximum atomic E-state index is 15.2. The van der Waals surface area contributed by atoms with E-state index in [1.165, 1.54) is 23.0 Å². The van der Waals surface area contributed by atoms with Gasteiger partial charge in [0.05, 0.1) is 42.5 Å². The van der Waals surface area contributed by atoms with Crippen molar-refractivity contribution in [2.45, 2.75) is 24.8 Å². The van der Waals surface area contributed by atoms with E-state index in [1.54, 1.807) is 36.4 Å². The van der Waals surface area contributed by atoms with Crippen molar-refractivity contribution in [1.29, 1.82) is 0 Å². The zero-order valence-corrected chi connectivity index (χ0v) is 28.6. The predicted octanol–water partition coefficient (Wildman–Crippen LogP) is 6.96. The highest BCUT2D eigenvalue weighted by molar-refractivity contribution is 6.32. The normalized spacial score (nSPS) is 27.0. The number of carbonyl (C=O) groups is 4. The van der Waals surface area contributed by atoms with E-state index in [0.717, 1.165) is 11.1 Å². The molecule has 51 heavy (non-hydrogen) atoms. The number of amides is 4. The first-order valence-corrected chi connectivity index (χ1v) is 17.5. The third-order valence-corrected chi connectivity index (χ3v) is 11.4. The lowest BCUT2D eigenvalue weighted by Gasteiger charge is -2.49. The summed E-state index contributed by atoms with van der Waals surface area (Å²) in [6, 6.07) is 30.5. The van der Waals surface area contributed by atoms with Crippen LogP contribution in [0.4, 0.5) is 5.69 Å². The molecule has 3 fully saturated rings. The number of halogens is 1. The minimum absolute atomic E-state index is 0.00701. The molecule has 8 rings (SSSR count). The van der Waals surface area contributed by atoms with Crippen molar-refractivity contribution in [3.8, 4) is 11.5 Å². The minimum atomic E-state index is -1.36. The summed E-state index contributed by atoms with van der Waals surface area (Å²) in [4.78, 5) is 60.9. The molecule has 8 nitrogen and oxygen atoms in total. The summed E-state index contributed by atoms with van der Waals surface area (Å²) in [6.45, 7) is 0.177. The van der Waals surface area contributed by atoms with Gasteiger partial charge in [-0.2, -0.15) is 0 Å². The molecule has 2 saturated heterocycles. The van der Waals surface area contributed by atoms with Crippen molar-refractivity contribution < 1.29 is 29.0 Å². The number of rotatable bonds is 7. The highest BCUT2D eigenvalue weighted by atomic mass is 35.5. The van der Waals surface area contributed by atoms with Gasteiger partial charge in [0.25, 0.3) is 0 Å². The van der Waals surface area contributed by atoms with Crippen LogP contribution in [0.5, 0.6) is 11.5 Å². The smallest absolute Gasteiger partial charge is 0.246 e. The summed E-state index contributed by atoms with van der Waals surface area (Å²) in [7, 11) is 1.47. The number of aromatic hydroxyl groups is 1. The molecule has 0 unspecified atom stereocenters. The molecule has 0 spiro atoms. The molecule has 4 aromatic carbocycles. The third kappa shape index (κ3) is 5.11. The molecule has 9 heteroatoms. The highest BCUT2D eigenvalue weighted by Crippen LogP contribution is 2.62. The Balaban J connectivity index is 1.30. The van der Waals surface area contributed by atoms with Gasteiger partial charge >= 0.3 is 0 Å². The quantitative estimate of drug-likeness (QED) is 0.165. The molecule has 1 N–H and O–H groups in total. The number of methoxy groups -OCH3 is 1. The Morgan fingerprint density at radius 2 is 1.61 bits per heavy atom. The second-order valence-corrected chi connectivity index (χ2v) is 14.1. The zero-order valence-electron chi connectivity index (χ0n) is 27.8. The molecule has 0 radical (unpaired) electrons. The maximum absolute atomic E-state index is 15.2. The van der Waals surface area contributed by atoms with Crippen LogP contribution in [0.2, 0.25) is 5.02 Å². The molecule has 2 aliphatic carbocycles. The first-order chi connectivity index (χ1) is 24.7. The van der Waals surface area contributed by atoms with E-state index in [0.29, 0.717) is 34.0 Å². The van der Waals surface area contributed by atoms with E-state index in [9.17, 15) is 19.5 Å². The van der Waals surface area contributed by atoms with Crippen LogP contribution in [0.1, 0.15) is 29.5 Å². The fourth-order valence-corrected chi connectivity index (χ4v) is 9.17. The Morgan fingerprint density at radius 3 is 2.33 bits per heavy atom. The molecule has 256 valence electrons. The van der Waals surface area contributed by atoms with E-state index < -0.39 is 35.0 Å². The summed E-state index contributed by atoms with van der Waals surface area (Å²) >= 11 is 6.40. The lowest BCUT2D eigenvalue weighted by Crippen LogP contribution is -2.54. The van der Waals surface area contributed by atoms with Crippen LogP contribution in [0.15, 0.2) is 121 Å². The Hall–Kier alpha value is -5.47. The number of anilines is 1. The number of ether oxygens (including phenoxy) is 1. The Bertz CT molecular complexity index is 2130. The number of phenolic OH excluding ortho intramolecular Hbond substituents is 1. The largest absolute Gasteiger partial charge is 0.504 e. The zero-order chi connectivity index (χ0) is 35.4. The van der Waals surface area contributed by atoms with Crippen LogP contribution >= 0.6 is 11.6 Å². The summed E-state index contributed by atoms with van der Waals surface area (Å²) in [5, 5.41) is 10.7. The van der Waals surface area contributed by atoms with Gasteiger partial charge in [-0.15, -0.1) is 0 Å². The first-order valence-electron chi connectivity index (χ1n) is 17.1. The summed E-state index contributed by atoms with van der Waals surface area (Å²) in [6.07, 6.45) is 6.42. The molecule has 2 aliphatic heterocycles. The molecule has 4 aromatic rings. The van der Waals surface area contributed by atoms with Gasteiger partial charge in [0, 0.05) is 10.9 Å². The van der Waals surface area contributed by atoms with Crippen molar-refractivity contribution in [2.24, 2.45) is 29.6 Å². The lowest BCUT2D eigenvalue weighted by molar-refractivity contribution is -0.141. The molecule has 0 aromatic heterocycles. The average molecular weight is 699 g/mol. The Morgan fingerprint density at radius 1 is 0.863 bits per heavy atom. The van der Waals surface area contributed by atoms with Crippen molar-refractivity contribution in [3.63, 3.8) is 0 Å². The average Bonchev–Trinajstić information content (AvgIpc) is 3.52. The number of benzene rings is 4. The molecule has 4 aliphatic rings. The molecule has 4 amide bonds. The number of likely N-dealkylation sites (tertiary alicyclic amines) is 1. The van der Waals surface area contributed by atoms with Gasteiger partial charge < -0.3 is 9.84 Å². The Labute approximate surface area is 300 Å². The van der Waals surface area contributed by atoms with Crippen molar-refractivity contribution in [2.75, 3.05) is 12.0 Å². The maximum Gasteiger partial charge on any atom is 0.246 e. The monoisotopic (exact) mass is 698 g/mol. The number of fused-ring (bicyclic) bond motifs is 4. The van der Waals surface area contributed by atoms with Crippen LogP contribution < -0.4 is 9.64 Å². The summed E-state index contributed by atoms with van der Waals surface area (Å²) in [5.41, 5.74) is 2.15. The van der Waals surface area contributed by atoms with Gasteiger partial charge in [-0.25, -0.2) is 4.90 Å². The number of allylic oxidation sites excluding steroid dienone is 3. The second kappa shape index (κ2) is 12.7. The van der Waals surface area contributed by atoms with Crippen molar-refractivity contribution in [1.82, 2.24) is 4.90 Å². The van der Waals surface area contributed by atoms with Crippen LogP contribution in [0, 0.1) is 29.6 Å². The summed E-state index contributed by atoms with van der Waals surface area (Å²) in [5.74, 6) is -4.08. The van der Waals surface area contributed by atoms with E-state index in [1.807, 2.05) is 78.9 Å². The number of hydrogen-bond acceptors (Lipinski definition) is 6. The molecular weight excluding hydrogens is 664 g/mol. The van der Waals surface area contributed by atoms with Crippen molar-refractivity contribution in [3.05, 3.63) is 143 Å². The van der Waals surface area contributed by atoms with E-state index in [4.69, 9.17) is 16.3 Å². The SMILES string of the molecule is COc1cc(C=C[C@H]2C3=CC[C@@H]4C(=O)N(Cc5ccccc5)C(=O)[C@@H]4[C@@H]3C[C@H]3C(=O)N(c4cccc(Cl)c4)C(=O)[C@@]23c2ccccc2)ccc1O. The third-order valence-electron chi connectivity index (χ3n) is 11.2. The van der Waals surface area contributed by atoms with Crippen molar-refractivity contribution >= 4 is 47.0 Å². The Kier molecular flexibility index (Phi) is 8.14. The number of nitrogens with zero attached hydrogens (tertiary/aromatic N) is 2. The van der Waals surface area contributed by atoms with Gasteiger partial charge in [0.1, 0.15) is 0 Å². The molecule has 1 saturated carbocycles. The fraction of sp³-hybridized carbons (Fsp3) is 0.238. The van der Waals surface area contributed by atoms with Crippen LogP contribution in [0.25, 0.3) is 6.08 Å². The predicted molar refractivity (Wildman–Crippen MR) is 193 cm³/mol. The molecule has 0 bridgehead atoms. The number of carbonyl (C=O) groups excluding carboxylic acids is 4. The van der Waals surface area contributed by atoms with Gasteiger partial charge in [0.15, 0.2) is 11.5 Å². The standard InChI is InChI=1S/C42H35ClN2O6/c1-51-36-21-25(16-20-35(36)46)15-19-33-30-17-18-31-37(40(49)44(38(31)47)24-26-9-4-2-5-10-26)32(30)23-34-39(48)45(29-14-8-13-28(43)22-29)41(50)42(33,34)27-11-6-3-7-12-27/h2-17,19-22,31-34,37,46H,18,23-24H2,1H3/t31-,32+,33-,34-,37-,42-/m0/s1. The second-order valence-electron chi connectivity index (χ2n) is 13.7. The van der Waals surface area contributed by atoms with Crippen LogP contribution in [-0.4, -0.2) is 40.7 Å². The molecule has 6 atom stereocenters. The van der Waals surface area contributed by atoms with Crippen LogP contribution in [-0.2, 0) is 31.1 Å². The minimum Gasteiger partial charge on any atom is -0.504 e. The van der Waals surface area contributed by atoms with Gasteiger partial charge in [-0.05, 0) is 65.8 Å². The molecular formula is C42H35ClN2O6. The number of hydrogen-bond donors (Lipinski definition) is 1. The van der Waals surface area contributed by atoms with Gasteiger partial charge in [-0.3, -0.25) is 24.1 Å². The molecule has 2 heterocycles. The van der Waals surface area contributed by atoms with Gasteiger partial charge in [0.2, 0.25) is 23.6 Å². The number of imide groups is 2. The van der Waals surface area contributed by atoms with E-state index in [-0.39, 0.29) is 42.3 Å². The lowest BCUT2D eigenvalue weighted by atomic mass is 9.50. The summed E-state index contributed by atoms with van der Waals surface area (Å²) < 4.78 is 5.36. The van der Waals surface area contributed by atoms with E-state index in [2.05, 4.69) is 0 Å². The highest BCUT2D eigenvalue weighted by Gasteiger charge is 2.69. The van der Waals surface area contributed by atoms with Crippen LogP contribution in [0.3, 0.4) is 0 Å². The van der Waals surface area contributed by atoms with Gasteiger partial charge in [-0.1, -0.05) is 108 Å². The first kappa shape index (κ1) is 32.7. The van der Waals surface area contributed by atoms with E-state index >= 15 is 4.79 Å². The number of phenols is 1. The topological polar surface area (TPSA) is 104 Å². The fourth-order valence-electron chi connectivity index (χ4n) is 8.98.